The maximum absolute atomic E-state index is 13.7. The lowest BCUT2D eigenvalue weighted by Gasteiger charge is -2.16. The van der Waals surface area contributed by atoms with Gasteiger partial charge in [0, 0.05) is 23.5 Å². The molecular formula is C19H17Cl2F3N4O. The molecule has 10 heteroatoms. The van der Waals surface area contributed by atoms with Crippen molar-refractivity contribution < 1.29 is 13.2 Å². The number of benzene rings is 1. The highest BCUT2D eigenvalue weighted by molar-refractivity contribution is 6.41. The van der Waals surface area contributed by atoms with Gasteiger partial charge < -0.3 is 5.73 Å². The fourth-order valence-corrected chi connectivity index (χ4v) is 3.32. The van der Waals surface area contributed by atoms with Crippen LogP contribution in [-0.2, 0) is 6.18 Å². The van der Waals surface area contributed by atoms with E-state index in [1.807, 2.05) is 6.92 Å². The molecule has 0 radical (unpaired) electrons. The molecule has 1 unspecified atom stereocenters. The summed E-state index contributed by atoms with van der Waals surface area (Å²) >= 11 is 11.7. The Morgan fingerprint density at radius 1 is 1.14 bits per heavy atom. The predicted octanol–water partition coefficient (Wildman–Crippen LogP) is 5.15. The molecule has 1 aromatic carbocycles. The number of rotatable bonds is 5. The fourth-order valence-electron chi connectivity index (χ4n) is 3.02. The molecule has 0 saturated carbocycles. The van der Waals surface area contributed by atoms with Crippen LogP contribution in [0.3, 0.4) is 0 Å². The Morgan fingerprint density at radius 2 is 1.76 bits per heavy atom. The standard InChI is InChI=1S/C19H17Cl2F3N4O/c1-2-3-15(25)13-10-26-28(17(13)19(22,23)24)12-6-4-11(5-7-12)27-9-8-14(20)16(21)18(27)29/h4-10,15H,2-3,25H2,1H3. The van der Waals surface area contributed by atoms with Crippen LogP contribution in [0.5, 0.6) is 0 Å². The number of aromatic nitrogens is 3. The lowest BCUT2D eigenvalue weighted by atomic mass is 10.0. The first kappa shape index (κ1) is 21.4. The summed E-state index contributed by atoms with van der Waals surface area (Å²) in [6, 6.07) is 6.54. The number of nitrogens with zero attached hydrogens (tertiary/aromatic N) is 3. The summed E-state index contributed by atoms with van der Waals surface area (Å²) in [7, 11) is 0. The zero-order valence-electron chi connectivity index (χ0n) is 15.3. The summed E-state index contributed by atoms with van der Waals surface area (Å²) in [5, 5.41) is 3.89. The maximum atomic E-state index is 13.7. The summed E-state index contributed by atoms with van der Waals surface area (Å²) in [5.41, 5.74) is 5.04. The third-order valence-electron chi connectivity index (χ3n) is 4.42. The van der Waals surface area contributed by atoms with Crippen molar-refractivity contribution in [3.05, 3.63) is 74.4 Å². The van der Waals surface area contributed by atoms with E-state index >= 15 is 0 Å². The van der Waals surface area contributed by atoms with Crippen LogP contribution in [0.2, 0.25) is 10.0 Å². The summed E-state index contributed by atoms with van der Waals surface area (Å²) < 4.78 is 43.2. The Kier molecular flexibility index (Phi) is 6.07. The first-order chi connectivity index (χ1) is 13.6. The molecule has 0 amide bonds. The van der Waals surface area contributed by atoms with Crippen LogP contribution in [0, 0.1) is 0 Å². The largest absolute Gasteiger partial charge is 0.433 e. The fraction of sp³-hybridized carbons (Fsp3) is 0.263. The summed E-state index contributed by atoms with van der Waals surface area (Å²) in [6.07, 6.45) is -0.982. The molecule has 0 aliphatic carbocycles. The molecule has 5 nitrogen and oxygen atoms in total. The van der Waals surface area contributed by atoms with Gasteiger partial charge in [0.2, 0.25) is 0 Å². The maximum Gasteiger partial charge on any atom is 0.433 e. The lowest BCUT2D eigenvalue weighted by Crippen LogP contribution is -2.20. The van der Waals surface area contributed by atoms with Gasteiger partial charge in [-0.25, -0.2) is 4.68 Å². The molecule has 0 saturated heterocycles. The van der Waals surface area contributed by atoms with Crippen LogP contribution in [0.15, 0.2) is 47.5 Å². The number of alkyl halides is 3. The summed E-state index contributed by atoms with van der Waals surface area (Å²) in [4.78, 5) is 12.2. The van der Waals surface area contributed by atoms with Gasteiger partial charge in [-0.05, 0) is 36.8 Å². The highest BCUT2D eigenvalue weighted by Crippen LogP contribution is 2.36. The minimum Gasteiger partial charge on any atom is -0.324 e. The Morgan fingerprint density at radius 3 is 2.34 bits per heavy atom. The molecule has 154 valence electrons. The Hall–Kier alpha value is -2.29. The van der Waals surface area contributed by atoms with Crippen LogP contribution in [-0.4, -0.2) is 14.3 Å². The van der Waals surface area contributed by atoms with E-state index < -0.39 is 23.5 Å². The van der Waals surface area contributed by atoms with Gasteiger partial charge in [0.15, 0.2) is 5.69 Å². The third-order valence-corrected chi connectivity index (χ3v) is 5.20. The van der Waals surface area contributed by atoms with Crippen molar-refractivity contribution in [3.63, 3.8) is 0 Å². The molecule has 3 aromatic rings. The topological polar surface area (TPSA) is 65.8 Å². The van der Waals surface area contributed by atoms with E-state index in [0.29, 0.717) is 18.5 Å². The third kappa shape index (κ3) is 4.19. The van der Waals surface area contributed by atoms with E-state index in [1.165, 1.54) is 41.1 Å². The normalized spacial score (nSPS) is 12.9. The highest BCUT2D eigenvalue weighted by Gasteiger charge is 2.39. The average Bonchev–Trinajstić information content (AvgIpc) is 3.12. The second-order valence-corrected chi connectivity index (χ2v) is 7.21. The zero-order chi connectivity index (χ0) is 21.3. The zero-order valence-corrected chi connectivity index (χ0v) is 16.8. The quantitative estimate of drug-likeness (QED) is 0.591. The number of pyridine rings is 1. The molecule has 2 heterocycles. The molecular weight excluding hydrogens is 428 g/mol. The summed E-state index contributed by atoms with van der Waals surface area (Å²) in [6.45, 7) is 1.85. The summed E-state index contributed by atoms with van der Waals surface area (Å²) in [5.74, 6) is 0. The lowest BCUT2D eigenvalue weighted by molar-refractivity contribution is -0.143. The van der Waals surface area contributed by atoms with Crippen molar-refractivity contribution >= 4 is 23.2 Å². The highest BCUT2D eigenvalue weighted by atomic mass is 35.5. The molecule has 1 atom stereocenters. The van der Waals surface area contributed by atoms with E-state index in [0.717, 1.165) is 10.9 Å². The molecule has 2 aromatic heterocycles. The van der Waals surface area contributed by atoms with E-state index in [4.69, 9.17) is 28.9 Å². The van der Waals surface area contributed by atoms with Gasteiger partial charge >= 0.3 is 6.18 Å². The van der Waals surface area contributed by atoms with Crippen LogP contribution in [0.4, 0.5) is 13.2 Å². The molecule has 0 aliphatic heterocycles. The number of hydrogen-bond acceptors (Lipinski definition) is 3. The monoisotopic (exact) mass is 444 g/mol. The first-order valence-electron chi connectivity index (χ1n) is 8.73. The van der Waals surface area contributed by atoms with Crippen LogP contribution in [0.1, 0.15) is 37.1 Å². The SMILES string of the molecule is CCCC(N)c1cnn(-c2ccc(-n3ccc(Cl)c(Cl)c3=O)cc2)c1C(F)(F)F. The second kappa shape index (κ2) is 8.22. The van der Waals surface area contributed by atoms with Crippen molar-refractivity contribution in [2.45, 2.75) is 32.0 Å². The minimum atomic E-state index is -4.63. The van der Waals surface area contributed by atoms with Gasteiger partial charge in [-0.1, -0.05) is 36.5 Å². The van der Waals surface area contributed by atoms with E-state index in [-0.39, 0.29) is 21.3 Å². The smallest absolute Gasteiger partial charge is 0.324 e. The van der Waals surface area contributed by atoms with Gasteiger partial charge in [-0.2, -0.15) is 18.3 Å². The molecule has 0 bridgehead atoms. The van der Waals surface area contributed by atoms with Crippen LogP contribution < -0.4 is 11.3 Å². The number of nitrogens with two attached hydrogens (primary N) is 1. The number of hydrogen-bond donors (Lipinski definition) is 1. The van der Waals surface area contributed by atoms with Gasteiger partial charge in [-0.15, -0.1) is 0 Å². The number of halogens is 5. The van der Waals surface area contributed by atoms with E-state index in [2.05, 4.69) is 5.10 Å². The van der Waals surface area contributed by atoms with E-state index in [9.17, 15) is 18.0 Å². The van der Waals surface area contributed by atoms with Crippen molar-refractivity contribution in [2.24, 2.45) is 5.73 Å². The Balaban J connectivity index is 2.05. The Labute approximate surface area is 174 Å². The molecule has 0 fully saturated rings. The van der Waals surface area contributed by atoms with Crippen molar-refractivity contribution in [2.75, 3.05) is 0 Å². The van der Waals surface area contributed by atoms with Crippen molar-refractivity contribution in [1.82, 2.24) is 14.3 Å². The van der Waals surface area contributed by atoms with Crippen LogP contribution >= 0.6 is 23.2 Å². The van der Waals surface area contributed by atoms with Crippen molar-refractivity contribution in [1.29, 1.82) is 0 Å². The van der Waals surface area contributed by atoms with E-state index in [1.54, 1.807) is 0 Å². The molecule has 3 rings (SSSR count). The molecule has 0 aliphatic rings. The Bertz CT molecular complexity index is 1070. The van der Waals surface area contributed by atoms with Crippen molar-refractivity contribution in [3.8, 4) is 11.4 Å². The average molecular weight is 445 g/mol. The minimum absolute atomic E-state index is 0.0517. The molecule has 2 N–H and O–H groups in total. The van der Waals surface area contributed by atoms with Gasteiger partial charge in [0.1, 0.15) is 5.02 Å². The second-order valence-electron chi connectivity index (χ2n) is 6.42. The molecule has 0 spiro atoms. The van der Waals surface area contributed by atoms with Crippen LogP contribution in [0.25, 0.3) is 11.4 Å². The van der Waals surface area contributed by atoms with Gasteiger partial charge in [-0.3, -0.25) is 9.36 Å². The van der Waals surface area contributed by atoms with Gasteiger partial charge in [0.25, 0.3) is 5.56 Å². The molecule has 29 heavy (non-hydrogen) atoms. The predicted molar refractivity (Wildman–Crippen MR) is 106 cm³/mol. The first-order valence-corrected chi connectivity index (χ1v) is 9.49. The van der Waals surface area contributed by atoms with Gasteiger partial charge in [0.05, 0.1) is 16.9 Å².